The summed E-state index contributed by atoms with van der Waals surface area (Å²) in [6.07, 6.45) is 2.63. The maximum absolute atomic E-state index is 11.0. The molecule has 0 aromatic heterocycles. The Morgan fingerprint density at radius 2 is 2.18 bits per heavy atom. The summed E-state index contributed by atoms with van der Waals surface area (Å²) < 4.78 is 0. The van der Waals surface area contributed by atoms with E-state index in [1.54, 1.807) is 12.1 Å². The number of amides is 1. The van der Waals surface area contributed by atoms with Crippen molar-refractivity contribution in [1.82, 2.24) is 0 Å². The lowest BCUT2D eigenvalue weighted by atomic mass is 10.1. The molecule has 0 bridgehead atoms. The van der Waals surface area contributed by atoms with Gasteiger partial charge in [0, 0.05) is 18.7 Å². The molecule has 4 nitrogen and oxygen atoms in total. The lowest BCUT2D eigenvalue weighted by Gasteiger charge is -2.24. The fourth-order valence-corrected chi connectivity index (χ4v) is 2.01. The molecule has 4 N–H and O–H groups in total. The first-order valence-electron chi connectivity index (χ1n) is 6.06. The molecule has 0 unspecified atom stereocenters. The molecule has 1 fully saturated rings. The van der Waals surface area contributed by atoms with Gasteiger partial charge in [-0.1, -0.05) is 0 Å². The SMILES string of the molecule is CCN(CC1CC1)c1ccc(C(N)=O)cc1N. The van der Waals surface area contributed by atoms with Crippen LogP contribution < -0.4 is 16.4 Å². The number of carbonyl (C=O) groups excluding carboxylic acids is 1. The standard InChI is InChI=1S/C13H19N3O/c1-2-16(8-9-3-4-9)12-6-5-10(13(15)17)7-11(12)14/h5-7,9H,2-4,8,14H2,1H3,(H2,15,17). The average Bonchev–Trinajstić information content (AvgIpc) is 3.10. The molecule has 1 amide bonds. The van der Waals surface area contributed by atoms with E-state index in [9.17, 15) is 4.79 Å². The second kappa shape index (κ2) is 4.65. The van der Waals surface area contributed by atoms with Gasteiger partial charge in [0.25, 0.3) is 0 Å². The van der Waals surface area contributed by atoms with Crippen LogP contribution in [0.5, 0.6) is 0 Å². The quantitative estimate of drug-likeness (QED) is 0.759. The zero-order chi connectivity index (χ0) is 12.4. The van der Waals surface area contributed by atoms with Gasteiger partial charge in [-0.3, -0.25) is 4.79 Å². The number of hydrogen-bond acceptors (Lipinski definition) is 3. The molecular formula is C13H19N3O. The third kappa shape index (κ3) is 2.70. The number of nitrogen functional groups attached to an aromatic ring is 1. The van der Waals surface area contributed by atoms with Crippen LogP contribution in [0.4, 0.5) is 11.4 Å². The minimum atomic E-state index is -0.437. The summed E-state index contributed by atoms with van der Waals surface area (Å²) >= 11 is 0. The fraction of sp³-hybridized carbons (Fsp3) is 0.462. The highest BCUT2D eigenvalue weighted by Gasteiger charge is 2.24. The van der Waals surface area contributed by atoms with Crippen molar-refractivity contribution in [3.63, 3.8) is 0 Å². The number of carbonyl (C=O) groups is 1. The van der Waals surface area contributed by atoms with E-state index in [-0.39, 0.29) is 0 Å². The lowest BCUT2D eigenvalue weighted by Crippen LogP contribution is -2.26. The summed E-state index contributed by atoms with van der Waals surface area (Å²) in [4.78, 5) is 13.3. The van der Waals surface area contributed by atoms with Gasteiger partial charge >= 0.3 is 0 Å². The second-order valence-corrected chi connectivity index (χ2v) is 4.62. The van der Waals surface area contributed by atoms with E-state index in [0.717, 1.165) is 24.7 Å². The molecule has 0 saturated heterocycles. The van der Waals surface area contributed by atoms with Crippen LogP contribution in [-0.2, 0) is 0 Å². The molecule has 2 rings (SSSR count). The van der Waals surface area contributed by atoms with Crippen molar-refractivity contribution in [2.75, 3.05) is 23.7 Å². The minimum Gasteiger partial charge on any atom is -0.397 e. The van der Waals surface area contributed by atoms with Crippen molar-refractivity contribution in [2.24, 2.45) is 11.7 Å². The molecule has 0 radical (unpaired) electrons. The number of nitrogens with zero attached hydrogens (tertiary/aromatic N) is 1. The molecule has 1 aromatic carbocycles. The molecule has 0 atom stereocenters. The van der Waals surface area contributed by atoms with Crippen molar-refractivity contribution in [3.05, 3.63) is 23.8 Å². The third-order valence-electron chi connectivity index (χ3n) is 3.21. The molecule has 0 aliphatic heterocycles. The Labute approximate surface area is 102 Å². The zero-order valence-corrected chi connectivity index (χ0v) is 10.1. The highest BCUT2D eigenvalue weighted by molar-refractivity contribution is 5.94. The molecular weight excluding hydrogens is 214 g/mol. The third-order valence-corrected chi connectivity index (χ3v) is 3.21. The Bertz CT molecular complexity index is 427. The van der Waals surface area contributed by atoms with E-state index in [1.165, 1.54) is 12.8 Å². The molecule has 92 valence electrons. The van der Waals surface area contributed by atoms with Gasteiger partial charge in [-0.15, -0.1) is 0 Å². The van der Waals surface area contributed by atoms with Crippen LogP contribution in [0.25, 0.3) is 0 Å². The van der Waals surface area contributed by atoms with Gasteiger partial charge in [-0.2, -0.15) is 0 Å². The molecule has 1 saturated carbocycles. The van der Waals surface area contributed by atoms with Gasteiger partial charge in [0.2, 0.25) is 5.91 Å². The van der Waals surface area contributed by atoms with Gasteiger partial charge in [0.1, 0.15) is 0 Å². The number of rotatable bonds is 5. The average molecular weight is 233 g/mol. The van der Waals surface area contributed by atoms with E-state index in [0.29, 0.717) is 11.3 Å². The summed E-state index contributed by atoms with van der Waals surface area (Å²) in [5.41, 5.74) is 13.3. The van der Waals surface area contributed by atoms with Crippen LogP contribution in [0.1, 0.15) is 30.1 Å². The van der Waals surface area contributed by atoms with E-state index >= 15 is 0 Å². The topological polar surface area (TPSA) is 72.3 Å². The van der Waals surface area contributed by atoms with Gasteiger partial charge < -0.3 is 16.4 Å². The maximum atomic E-state index is 11.0. The van der Waals surface area contributed by atoms with Crippen molar-refractivity contribution >= 4 is 17.3 Å². The molecule has 1 aliphatic carbocycles. The summed E-state index contributed by atoms with van der Waals surface area (Å²) in [6.45, 7) is 4.09. The molecule has 17 heavy (non-hydrogen) atoms. The number of nitrogens with two attached hydrogens (primary N) is 2. The van der Waals surface area contributed by atoms with E-state index in [1.807, 2.05) is 6.07 Å². The Morgan fingerprint density at radius 3 is 2.65 bits per heavy atom. The van der Waals surface area contributed by atoms with Crippen LogP contribution >= 0.6 is 0 Å². The van der Waals surface area contributed by atoms with E-state index < -0.39 is 5.91 Å². The first kappa shape index (κ1) is 11.8. The molecule has 1 aliphatic rings. The Hall–Kier alpha value is -1.71. The summed E-state index contributed by atoms with van der Waals surface area (Å²) in [6, 6.07) is 5.29. The van der Waals surface area contributed by atoms with Gasteiger partial charge in [0.05, 0.1) is 11.4 Å². The highest BCUT2D eigenvalue weighted by Crippen LogP contribution is 2.33. The summed E-state index contributed by atoms with van der Waals surface area (Å²) in [5.74, 6) is 0.374. The molecule has 4 heteroatoms. The monoisotopic (exact) mass is 233 g/mol. The van der Waals surface area contributed by atoms with Crippen molar-refractivity contribution in [2.45, 2.75) is 19.8 Å². The van der Waals surface area contributed by atoms with Crippen molar-refractivity contribution < 1.29 is 4.79 Å². The van der Waals surface area contributed by atoms with Gasteiger partial charge in [-0.25, -0.2) is 0 Å². The summed E-state index contributed by atoms with van der Waals surface area (Å²) in [5, 5.41) is 0. The summed E-state index contributed by atoms with van der Waals surface area (Å²) in [7, 11) is 0. The van der Waals surface area contributed by atoms with E-state index in [2.05, 4.69) is 11.8 Å². The molecule has 0 heterocycles. The van der Waals surface area contributed by atoms with Crippen molar-refractivity contribution in [1.29, 1.82) is 0 Å². The van der Waals surface area contributed by atoms with Crippen LogP contribution in [0.15, 0.2) is 18.2 Å². The number of primary amides is 1. The maximum Gasteiger partial charge on any atom is 0.248 e. The first-order valence-corrected chi connectivity index (χ1v) is 6.06. The predicted molar refractivity (Wildman–Crippen MR) is 70.0 cm³/mol. The fourth-order valence-electron chi connectivity index (χ4n) is 2.01. The minimum absolute atomic E-state index is 0.437. The molecule has 0 spiro atoms. The van der Waals surface area contributed by atoms with E-state index in [4.69, 9.17) is 11.5 Å². The molecule has 1 aromatic rings. The number of benzene rings is 1. The lowest BCUT2D eigenvalue weighted by molar-refractivity contribution is 0.100. The highest BCUT2D eigenvalue weighted by atomic mass is 16.1. The van der Waals surface area contributed by atoms with Gasteiger partial charge in [-0.05, 0) is 43.9 Å². The van der Waals surface area contributed by atoms with Crippen LogP contribution in [-0.4, -0.2) is 19.0 Å². The Kier molecular flexibility index (Phi) is 3.22. The predicted octanol–water partition coefficient (Wildman–Crippen LogP) is 1.60. The van der Waals surface area contributed by atoms with Crippen molar-refractivity contribution in [3.8, 4) is 0 Å². The zero-order valence-electron chi connectivity index (χ0n) is 10.1. The Balaban J connectivity index is 2.20. The largest absolute Gasteiger partial charge is 0.397 e. The Morgan fingerprint density at radius 1 is 1.47 bits per heavy atom. The number of hydrogen-bond donors (Lipinski definition) is 2. The smallest absolute Gasteiger partial charge is 0.248 e. The first-order chi connectivity index (χ1) is 8.11. The van der Waals surface area contributed by atoms with Crippen LogP contribution in [0, 0.1) is 5.92 Å². The second-order valence-electron chi connectivity index (χ2n) is 4.62. The van der Waals surface area contributed by atoms with Crippen LogP contribution in [0.2, 0.25) is 0 Å². The normalized spacial score (nSPS) is 14.6. The van der Waals surface area contributed by atoms with Crippen LogP contribution in [0.3, 0.4) is 0 Å². The van der Waals surface area contributed by atoms with Gasteiger partial charge in [0.15, 0.2) is 0 Å². The number of anilines is 2.